The number of hydrogen-bond acceptors (Lipinski definition) is 7. The molecule has 1 aliphatic rings. The van der Waals surface area contributed by atoms with Crippen molar-refractivity contribution in [3.05, 3.63) is 24.0 Å². The fourth-order valence-electron chi connectivity index (χ4n) is 2.90. The lowest BCUT2D eigenvalue weighted by molar-refractivity contribution is 0.395. The Kier molecular flexibility index (Phi) is 5.21. The van der Waals surface area contributed by atoms with Crippen LogP contribution in [-0.2, 0) is 0 Å². The van der Waals surface area contributed by atoms with Crippen LogP contribution in [0.3, 0.4) is 0 Å². The van der Waals surface area contributed by atoms with Crippen LogP contribution in [0.4, 0.5) is 17.6 Å². The molecule has 1 aromatic carbocycles. The van der Waals surface area contributed by atoms with Crippen LogP contribution in [0.15, 0.2) is 18.2 Å². The SMILES string of the molecule is COc1ccc(Nc2nc(C)nc(N3CCC(C)CC3)n2)c(OC)c1. The quantitative estimate of drug-likeness (QED) is 0.894. The van der Waals surface area contributed by atoms with Gasteiger partial charge in [0.15, 0.2) is 0 Å². The molecule has 7 nitrogen and oxygen atoms in total. The minimum absolute atomic E-state index is 0.518. The summed E-state index contributed by atoms with van der Waals surface area (Å²) in [6.45, 7) is 6.14. The van der Waals surface area contributed by atoms with Gasteiger partial charge in [-0.15, -0.1) is 0 Å². The van der Waals surface area contributed by atoms with Gasteiger partial charge in [-0.25, -0.2) is 0 Å². The molecule has 0 saturated carbocycles. The number of aromatic nitrogens is 3. The van der Waals surface area contributed by atoms with E-state index in [1.807, 2.05) is 25.1 Å². The molecule has 3 rings (SSSR count). The van der Waals surface area contributed by atoms with Gasteiger partial charge < -0.3 is 19.7 Å². The van der Waals surface area contributed by atoms with Gasteiger partial charge in [-0.1, -0.05) is 6.92 Å². The third-order valence-corrected chi connectivity index (χ3v) is 4.46. The van der Waals surface area contributed by atoms with E-state index in [1.54, 1.807) is 14.2 Å². The summed E-state index contributed by atoms with van der Waals surface area (Å²) < 4.78 is 10.7. The molecule has 25 heavy (non-hydrogen) atoms. The van der Waals surface area contributed by atoms with Crippen LogP contribution in [-0.4, -0.2) is 42.3 Å². The lowest BCUT2D eigenvalue weighted by Crippen LogP contribution is -2.34. The number of anilines is 3. The van der Waals surface area contributed by atoms with Gasteiger partial charge in [-0.3, -0.25) is 0 Å². The summed E-state index contributed by atoms with van der Waals surface area (Å²) in [5.74, 6) is 4.11. The van der Waals surface area contributed by atoms with Gasteiger partial charge in [0.05, 0.1) is 19.9 Å². The first-order valence-corrected chi connectivity index (χ1v) is 8.55. The molecule has 134 valence electrons. The van der Waals surface area contributed by atoms with Crippen molar-refractivity contribution < 1.29 is 9.47 Å². The third kappa shape index (κ3) is 4.10. The van der Waals surface area contributed by atoms with Crippen LogP contribution in [0.5, 0.6) is 11.5 Å². The standard InChI is InChI=1S/C18H25N5O2/c1-12-7-9-23(10-8-12)18-20-13(2)19-17(22-18)21-15-6-5-14(24-3)11-16(15)25-4/h5-6,11-12H,7-10H2,1-4H3,(H,19,20,21,22). The van der Waals surface area contributed by atoms with Gasteiger partial charge in [0.2, 0.25) is 11.9 Å². The van der Waals surface area contributed by atoms with Crippen LogP contribution in [0.2, 0.25) is 0 Å². The molecule has 1 aromatic heterocycles. The molecule has 0 spiro atoms. The molecule has 0 amide bonds. The second-order valence-corrected chi connectivity index (χ2v) is 6.37. The van der Waals surface area contributed by atoms with Crippen LogP contribution in [0.25, 0.3) is 0 Å². The van der Waals surface area contributed by atoms with E-state index in [0.717, 1.165) is 36.4 Å². The Labute approximate surface area is 148 Å². The zero-order chi connectivity index (χ0) is 17.8. The van der Waals surface area contributed by atoms with Gasteiger partial charge in [-0.2, -0.15) is 15.0 Å². The fourth-order valence-corrected chi connectivity index (χ4v) is 2.90. The smallest absolute Gasteiger partial charge is 0.232 e. The van der Waals surface area contributed by atoms with Gasteiger partial charge in [0, 0.05) is 19.2 Å². The highest BCUT2D eigenvalue weighted by atomic mass is 16.5. The molecule has 0 unspecified atom stereocenters. The average Bonchev–Trinajstić information content (AvgIpc) is 2.62. The molecule has 0 bridgehead atoms. The number of benzene rings is 1. The zero-order valence-electron chi connectivity index (χ0n) is 15.2. The Morgan fingerprint density at radius 2 is 1.84 bits per heavy atom. The minimum atomic E-state index is 0.518. The number of ether oxygens (including phenoxy) is 2. The molecule has 0 aliphatic carbocycles. The van der Waals surface area contributed by atoms with Crippen molar-refractivity contribution in [1.29, 1.82) is 0 Å². The maximum Gasteiger partial charge on any atom is 0.232 e. The summed E-state index contributed by atoms with van der Waals surface area (Å²) in [5.41, 5.74) is 0.784. The summed E-state index contributed by atoms with van der Waals surface area (Å²) in [6, 6.07) is 5.58. The lowest BCUT2D eigenvalue weighted by Gasteiger charge is -2.30. The molecule has 7 heteroatoms. The molecule has 2 heterocycles. The molecule has 1 fully saturated rings. The second-order valence-electron chi connectivity index (χ2n) is 6.37. The third-order valence-electron chi connectivity index (χ3n) is 4.46. The molecule has 1 saturated heterocycles. The van der Waals surface area contributed by atoms with Crippen molar-refractivity contribution in [1.82, 2.24) is 15.0 Å². The minimum Gasteiger partial charge on any atom is -0.497 e. The first kappa shape index (κ1) is 17.3. The van der Waals surface area contributed by atoms with Crippen molar-refractivity contribution in [2.24, 2.45) is 5.92 Å². The highest BCUT2D eigenvalue weighted by Crippen LogP contribution is 2.31. The Morgan fingerprint density at radius 3 is 2.52 bits per heavy atom. The molecular formula is C18H25N5O2. The largest absolute Gasteiger partial charge is 0.497 e. The van der Waals surface area contributed by atoms with E-state index >= 15 is 0 Å². The molecule has 0 atom stereocenters. The number of aryl methyl sites for hydroxylation is 1. The first-order chi connectivity index (χ1) is 12.1. The van der Waals surface area contributed by atoms with Gasteiger partial charge in [0.1, 0.15) is 17.3 Å². The van der Waals surface area contributed by atoms with Crippen molar-refractivity contribution in [2.75, 3.05) is 37.5 Å². The number of nitrogens with zero attached hydrogens (tertiary/aromatic N) is 4. The Balaban J connectivity index is 1.83. The van der Waals surface area contributed by atoms with E-state index < -0.39 is 0 Å². The number of piperidine rings is 1. The van der Waals surface area contributed by atoms with Crippen LogP contribution in [0, 0.1) is 12.8 Å². The van der Waals surface area contributed by atoms with Crippen LogP contribution < -0.4 is 19.7 Å². The van der Waals surface area contributed by atoms with E-state index in [1.165, 1.54) is 12.8 Å². The first-order valence-electron chi connectivity index (χ1n) is 8.55. The molecular weight excluding hydrogens is 318 g/mol. The Hall–Kier alpha value is -2.57. The number of nitrogens with one attached hydrogen (secondary N) is 1. The predicted octanol–water partition coefficient (Wildman–Crippen LogP) is 3.18. The average molecular weight is 343 g/mol. The van der Waals surface area contributed by atoms with Gasteiger partial charge in [-0.05, 0) is 37.8 Å². The number of hydrogen-bond donors (Lipinski definition) is 1. The maximum absolute atomic E-state index is 5.42. The Bertz CT molecular complexity index is 729. The predicted molar refractivity (Wildman–Crippen MR) is 98.0 cm³/mol. The van der Waals surface area contributed by atoms with Crippen molar-refractivity contribution in [2.45, 2.75) is 26.7 Å². The number of methoxy groups -OCH3 is 2. The van der Waals surface area contributed by atoms with Crippen molar-refractivity contribution >= 4 is 17.6 Å². The van der Waals surface area contributed by atoms with Crippen molar-refractivity contribution in [3.8, 4) is 11.5 Å². The fraction of sp³-hybridized carbons (Fsp3) is 0.500. The van der Waals surface area contributed by atoms with Gasteiger partial charge in [0.25, 0.3) is 0 Å². The van der Waals surface area contributed by atoms with Crippen LogP contribution >= 0.6 is 0 Å². The van der Waals surface area contributed by atoms with Crippen LogP contribution in [0.1, 0.15) is 25.6 Å². The molecule has 1 aliphatic heterocycles. The normalized spacial score (nSPS) is 15.1. The van der Waals surface area contributed by atoms with E-state index in [9.17, 15) is 0 Å². The van der Waals surface area contributed by atoms with E-state index in [4.69, 9.17) is 9.47 Å². The molecule has 2 aromatic rings. The highest BCUT2D eigenvalue weighted by Gasteiger charge is 2.19. The summed E-state index contributed by atoms with van der Waals surface area (Å²) in [4.78, 5) is 15.7. The summed E-state index contributed by atoms with van der Waals surface area (Å²) in [6.07, 6.45) is 2.33. The summed E-state index contributed by atoms with van der Waals surface area (Å²) >= 11 is 0. The highest BCUT2D eigenvalue weighted by molar-refractivity contribution is 5.64. The summed E-state index contributed by atoms with van der Waals surface area (Å²) in [7, 11) is 3.25. The van der Waals surface area contributed by atoms with E-state index in [2.05, 4.69) is 32.1 Å². The molecule has 1 N–H and O–H groups in total. The topological polar surface area (TPSA) is 72.4 Å². The monoisotopic (exact) mass is 343 g/mol. The zero-order valence-corrected chi connectivity index (χ0v) is 15.2. The van der Waals surface area contributed by atoms with E-state index in [0.29, 0.717) is 17.5 Å². The maximum atomic E-state index is 5.42. The van der Waals surface area contributed by atoms with E-state index in [-0.39, 0.29) is 0 Å². The van der Waals surface area contributed by atoms with Gasteiger partial charge >= 0.3 is 0 Å². The van der Waals surface area contributed by atoms with Crippen molar-refractivity contribution in [3.63, 3.8) is 0 Å². The molecule has 0 radical (unpaired) electrons. The number of rotatable bonds is 5. The lowest BCUT2D eigenvalue weighted by atomic mass is 10.00. The second kappa shape index (κ2) is 7.55. The Morgan fingerprint density at radius 1 is 1.08 bits per heavy atom. The summed E-state index contributed by atoms with van der Waals surface area (Å²) in [5, 5.41) is 3.23.